The van der Waals surface area contributed by atoms with Gasteiger partial charge < -0.3 is 10.4 Å². The van der Waals surface area contributed by atoms with Gasteiger partial charge in [-0.1, -0.05) is 13.8 Å². The summed E-state index contributed by atoms with van der Waals surface area (Å²) in [6.45, 7) is 4.48. The highest BCUT2D eigenvalue weighted by atomic mass is 16.4. The van der Waals surface area contributed by atoms with Crippen molar-refractivity contribution < 1.29 is 14.7 Å². The number of aliphatic carboxylic acids is 1. The second kappa shape index (κ2) is 5.34. The number of amides is 1. The lowest BCUT2D eigenvalue weighted by Gasteiger charge is -2.20. The molecular formula is C16H21N3O3. The minimum Gasteiger partial charge on any atom is -0.480 e. The van der Waals surface area contributed by atoms with E-state index in [0.29, 0.717) is 22.9 Å². The fourth-order valence-corrected chi connectivity index (χ4v) is 3.85. The van der Waals surface area contributed by atoms with E-state index in [1.54, 1.807) is 12.3 Å². The van der Waals surface area contributed by atoms with E-state index < -0.39 is 12.0 Å². The zero-order valence-electron chi connectivity index (χ0n) is 12.8. The predicted molar refractivity (Wildman–Crippen MR) is 78.8 cm³/mol. The average molecular weight is 303 g/mol. The number of aromatic nitrogens is 2. The number of nitrogens with one attached hydrogen (secondary N) is 1. The van der Waals surface area contributed by atoms with Crippen molar-refractivity contribution in [1.29, 1.82) is 0 Å². The van der Waals surface area contributed by atoms with Crippen LogP contribution in [0.3, 0.4) is 0 Å². The molecule has 6 nitrogen and oxygen atoms in total. The summed E-state index contributed by atoms with van der Waals surface area (Å²) in [7, 11) is 0. The molecule has 2 fully saturated rings. The van der Waals surface area contributed by atoms with Crippen LogP contribution in [-0.4, -0.2) is 33.0 Å². The molecule has 0 bridgehead atoms. The molecule has 2 N–H and O–H groups in total. The topological polar surface area (TPSA) is 92.2 Å². The fourth-order valence-electron chi connectivity index (χ4n) is 3.85. The third kappa shape index (κ3) is 2.69. The highest BCUT2D eigenvalue weighted by molar-refractivity contribution is 5.85. The van der Waals surface area contributed by atoms with Crippen molar-refractivity contribution in [2.24, 2.45) is 23.2 Å². The van der Waals surface area contributed by atoms with Crippen molar-refractivity contribution in [1.82, 2.24) is 15.3 Å². The molecule has 2 aliphatic rings. The van der Waals surface area contributed by atoms with Gasteiger partial charge in [0.1, 0.15) is 12.4 Å². The normalized spacial score (nSPS) is 29.5. The zero-order valence-corrected chi connectivity index (χ0v) is 12.8. The lowest BCUT2D eigenvalue weighted by atomic mass is 9.92. The van der Waals surface area contributed by atoms with Crippen molar-refractivity contribution >= 4 is 11.9 Å². The number of carboxylic acids is 1. The summed E-state index contributed by atoms with van der Waals surface area (Å²) in [5.41, 5.74) is 0.974. The lowest BCUT2D eigenvalue weighted by Crippen LogP contribution is -2.45. The highest BCUT2D eigenvalue weighted by Gasteiger charge is 2.62. The number of fused-ring (bicyclic) bond motifs is 1. The van der Waals surface area contributed by atoms with Crippen LogP contribution in [-0.2, 0) is 16.0 Å². The van der Waals surface area contributed by atoms with E-state index in [1.807, 2.05) is 0 Å². The molecule has 6 heteroatoms. The molecule has 22 heavy (non-hydrogen) atoms. The van der Waals surface area contributed by atoms with Gasteiger partial charge in [0.25, 0.3) is 0 Å². The van der Waals surface area contributed by atoms with Crippen LogP contribution in [0.15, 0.2) is 18.6 Å². The second-order valence-corrected chi connectivity index (χ2v) is 7.01. The maximum Gasteiger partial charge on any atom is 0.326 e. The first-order chi connectivity index (χ1) is 10.4. The van der Waals surface area contributed by atoms with Crippen LogP contribution in [0.25, 0.3) is 0 Å². The first kappa shape index (κ1) is 14.9. The van der Waals surface area contributed by atoms with E-state index in [9.17, 15) is 14.7 Å². The molecular weight excluding hydrogens is 282 g/mol. The van der Waals surface area contributed by atoms with Crippen molar-refractivity contribution in [2.75, 3.05) is 0 Å². The summed E-state index contributed by atoms with van der Waals surface area (Å²) in [6.07, 6.45) is 4.87. The Morgan fingerprint density at radius 3 is 2.64 bits per heavy atom. The number of nitrogens with zero attached hydrogens (tertiary/aromatic N) is 2. The van der Waals surface area contributed by atoms with E-state index >= 15 is 0 Å². The van der Waals surface area contributed by atoms with Gasteiger partial charge in [-0.2, -0.15) is 0 Å². The van der Waals surface area contributed by atoms with Gasteiger partial charge in [-0.3, -0.25) is 4.79 Å². The maximum atomic E-state index is 12.3. The van der Waals surface area contributed by atoms with E-state index in [0.717, 1.165) is 12.8 Å². The molecule has 0 aromatic carbocycles. The Bertz CT molecular complexity index is 574. The van der Waals surface area contributed by atoms with Crippen LogP contribution in [0.1, 0.15) is 32.4 Å². The predicted octanol–water partition coefficient (Wildman–Crippen LogP) is 1.27. The number of hydrogen-bond donors (Lipinski definition) is 2. The molecule has 118 valence electrons. The summed E-state index contributed by atoms with van der Waals surface area (Å²) in [4.78, 5) is 31.5. The molecule has 0 spiro atoms. The number of carbonyl (C=O) groups excluding carboxylic acids is 1. The minimum absolute atomic E-state index is 0.0460. The SMILES string of the molecule is CC1(C)[C@@H]2CC(C(=O)NC(Cc3ccncn3)C(=O)O)C[C@@H]21. The molecule has 3 rings (SSSR count). The zero-order chi connectivity index (χ0) is 15.9. The molecule has 2 aliphatic carbocycles. The van der Waals surface area contributed by atoms with Gasteiger partial charge in [-0.05, 0) is 36.2 Å². The number of carboxylic acid groups (broad SMARTS) is 1. The van der Waals surface area contributed by atoms with Crippen LogP contribution in [0, 0.1) is 23.2 Å². The number of carbonyl (C=O) groups is 2. The smallest absolute Gasteiger partial charge is 0.326 e. The van der Waals surface area contributed by atoms with Crippen molar-refractivity contribution in [3.05, 3.63) is 24.3 Å². The molecule has 1 aromatic rings. The van der Waals surface area contributed by atoms with Crippen LogP contribution in [0.4, 0.5) is 0 Å². The molecule has 0 radical (unpaired) electrons. The molecule has 2 saturated carbocycles. The van der Waals surface area contributed by atoms with Gasteiger partial charge in [0.2, 0.25) is 5.91 Å². The standard InChI is InChI=1S/C16H21N3O3/c1-16(2)11-5-9(6-12(11)16)14(20)19-13(15(21)22)7-10-3-4-17-8-18-10/h3-4,8-9,11-13H,5-7H2,1-2H3,(H,19,20)(H,21,22)/t9?,11-,12+,13?. The molecule has 0 aliphatic heterocycles. The lowest BCUT2D eigenvalue weighted by molar-refractivity contribution is -0.142. The van der Waals surface area contributed by atoms with Crippen molar-refractivity contribution in [3.63, 3.8) is 0 Å². The first-order valence-corrected chi connectivity index (χ1v) is 7.67. The fraction of sp³-hybridized carbons (Fsp3) is 0.625. The Hall–Kier alpha value is -1.98. The Morgan fingerprint density at radius 1 is 1.41 bits per heavy atom. The average Bonchev–Trinajstić information content (AvgIpc) is 2.86. The summed E-state index contributed by atoms with van der Waals surface area (Å²) in [5.74, 6) is 0.0250. The van der Waals surface area contributed by atoms with E-state index in [-0.39, 0.29) is 18.2 Å². The molecule has 1 amide bonds. The van der Waals surface area contributed by atoms with Crippen molar-refractivity contribution in [3.8, 4) is 0 Å². The van der Waals surface area contributed by atoms with Gasteiger partial charge in [0, 0.05) is 24.2 Å². The third-order valence-electron chi connectivity index (χ3n) is 5.41. The van der Waals surface area contributed by atoms with Crippen LogP contribution >= 0.6 is 0 Å². The first-order valence-electron chi connectivity index (χ1n) is 7.67. The summed E-state index contributed by atoms with van der Waals surface area (Å²) in [5, 5.41) is 12.0. The molecule has 1 heterocycles. The Labute approximate surface area is 129 Å². The van der Waals surface area contributed by atoms with Gasteiger partial charge in [-0.25, -0.2) is 14.8 Å². The Morgan fingerprint density at radius 2 is 2.09 bits per heavy atom. The summed E-state index contributed by atoms with van der Waals surface area (Å²) >= 11 is 0. The van der Waals surface area contributed by atoms with Gasteiger partial charge in [0.15, 0.2) is 0 Å². The minimum atomic E-state index is -1.03. The largest absolute Gasteiger partial charge is 0.480 e. The number of hydrogen-bond acceptors (Lipinski definition) is 4. The number of rotatable bonds is 5. The van der Waals surface area contributed by atoms with Crippen LogP contribution in [0.5, 0.6) is 0 Å². The monoisotopic (exact) mass is 303 g/mol. The molecule has 1 aromatic heterocycles. The van der Waals surface area contributed by atoms with Crippen LogP contribution < -0.4 is 5.32 Å². The third-order valence-corrected chi connectivity index (χ3v) is 5.41. The van der Waals surface area contributed by atoms with E-state index in [4.69, 9.17) is 0 Å². The van der Waals surface area contributed by atoms with Gasteiger partial charge in [0.05, 0.1) is 0 Å². The van der Waals surface area contributed by atoms with Gasteiger partial charge >= 0.3 is 5.97 Å². The molecule has 2 unspecified atom stereocenters. The molecule has 4 atom stereocenters. The maximum absolute atomic E-state index is 12.3. The second-order valence-electron chi connectivity index (χ2n) is 7.01. The molecule has 0 saturated heterocycles. The van der Waals surface area contributed by atoms with Crippen LogP contribution in [0.2, 0.25) is 0 Å². The van der Waals surface area contributed by atoms with E-state index in [1.165, 1.54) is 6.33 Å². The highest BCUT2D eigenvalue weighted by Crippen LogP contribution is 2.68. The summed E-state index contributed by atoms with van der Waals surface area (Å²) in [6, 6.07) is 0.724. The van der Waals surface area contributed by atoms with E-state index in [2.05, 4.69) is 29.1 Å². The summed E-state index contributed by atoms with van der Waals surface area (Å²) < 4.78 is 0. The van der Waals surface area contributed by atoms with Gasteiger partial charge in [-0.15, -0.1) is 0 Å². The van der Waals surface area contributed by atoms with Crippen molar-refractivity contribution in [2.45, 2.75) is 39.2 Å². The quantitative estimate of drug-likeness (QED) is 0.854. The Kier molecular flexibility index (Phi) is 3.62. The Balaban J connectivity index is 1.58.